The number of nitrogens with zero attached hydrogens (tertiary/aromatic N) is 1. The zero-order chi connectivity index (χ0) is 22.9. The second kappa shape index (κ2) is 8.46. The number of benzene rings is 3. The zero-order valence-electron chi connectivity index (χ0n) is 18.6. The fourth-order valence-corrected chi connectivity index (χ4v) is 4.25. The van der Waals surface area contributed by atoms with Gasteiger partial charge in [-0.05, 0) is 23.8 Å². The van der Waals surface area contributed by atoms with Crippen LogP contribution in [0.1, 0.15) is 27.7 Å². The fourth-order valence-electron chi connectivity index (χ4n) is 4.25. The minimum Gasteiger partial charge on any atom is -0.493 e. The van der Waals surface area contributed by atoms with Gasteiger partial charge < -0.3 is 33.9 Å². The van der Waals surface area contributed by atoms with E-state index in [0.29, 0.717) is 40.9 Å². The van der Waals surface area contributed by atoms with Crippen molar-refractivity contribution in [2.75, 3.05) is 33.4 Å². The molecule has 3 aromatic carbocycles. The Balaban J connectivity index is 1.50. The minimum absolute atomic E-state index is 0.0480. The average Bonchev–Trinajstić information content (AvgIpc) is 3.42. The third-order valence-corrected chi connectivity index (χ3v) is 5.82. The van der Waals surface area contributed by atoms with Gasteiger partial charge in [0, 0.05) is 35.5 Å². The summed E-state index contributed by atoms with van der Waals surface area (Å²) >= 11 is 0. The minimum atomic E-state index is -0.387. The van der Waals surface area contributed by atoms with Crippen LogP contribution in [0.15, 0.2) is 54.6 Å². The van der Waals surface area contributed by atoms with Crippen molar-refractivity contribution in [3.63, 3.8) is 0 Å². The first-order chi connectivity index (χ1) is 16.1. The maximum absolute atomic E-state index is 13.3. The number of ether oxygens (including phenoxy) is 5. The molecule has 5 rings (SSSR count). The molecular weight excluding hydrogens is 424 g/mol. The number of hydrogen-bond donors (Lipinski definition) is 1. The first-order valence-corrected chi connectivity index (χ1v) is 10.5. The summed E-state index contributed by atoms with van der Waals surface area (Å²) in [7, 11) is 4.70. The lowest BCUT2D eigenvalue weighted by Gasteiger charge is -2.28. The van der Waals surface area contributed by atoms with E-state index in [1.54, 1.807) is 26.2 Å². The maximum Gasteiger partial charge on any atom is 0.256 e. The van der Waals surface area contributed by atoms with E-state index in [4.69, 9.17) is 23.7 Å². The Morgan fingerprint density at radius 3 is 2.39 bits per heavy atom. The van der Waals surface area contributed by atoms with Gasteiger partial charge in [0.05, 0.1) is 21.3 Å². The standard InChI is InChI=1S/C25H24N2O6/c1-29-21-11-16(12-22(30-2)23(21)31-3)26-24-17-6-4-5-7-18(17)25(28)27(24)13-15-8-9-19-20(10-15)33-14-32-19/h4-12,24,26H,13-14H2,1-3H3/t24-/m1/s1. The number of fused-ring (bicyclic) bond motifs is 2. The summed E-state index contributed by atoms with van der Waals surface area (Å²) in [6, 6.07) is 17.0. The van der Waals surface area contributed by atoms with Crippen LogP contribution in [-0.4, -0.2) is 38.9 Å². The SMILES string of the molecule is COc1cc(N[C@H]2c3ccccc3C(=O)N2Cc2ccc3c(c2)OCO3)cc(OC)c1OC. The molecule has 2 aliphatic heterocycles. The van der Waals surface area contributed by atoms with Gasteiger partial charge in [-0.2, -0.15) is 0 Å². The van der Waals surface area contributed by atoms with E-state index in [-0.39, 0.29) is 18.9 Å². The van der Waals surface area contributed by atoms with E-state index in [0.717, 1.165) is 16.8 Å². The molecule has 0 aromatic heterocycles. The molecule has 0 saturated carbocycles. The summed E-state index contributed by atoms with van der Waals surface area (Å²) < 4.78 is 27.3. The molecular formula is C25H24N2O6. The van der Waals surface area contributed by atoms with E-state index in [1.165, 1.54) is 0 Å². The summed E-state index contributed by atoms with van der Waals surface area (Å²) in [5, 5.41) is 3.48. The highest BCUT2D eigenvalue weighted by Gasteiger charge is 2.37. The van der Waals surface area contributed by atoms with E-state index in [2.05, 4.69) is 5.32 Å². The van der Waals surface area contributed by atoms with E-state index in [1.807, 2.05) is 54.6 Å². The quantitative estimate of drug-likeness (QED) is 0.580. The molecule has 170 valence electrons. The Kier molecular flexibility index (Phi) is 5.34. The summed E-state index contributed by atoms with van der Waals surface area (Å²) in [6.45, 7) is 0.602. The van der Waals surface area contributed by atoms with Gasteiger partial charge in [0.2, 0.25) is 12.5 Å². The van der Waals surface area contributed by atoms with Crippen molar-refractivity contribution >= 4 is 11.6 Å². The number of hydrogen-bond acceptors (Lipinski definition) is 7. The number of methoxy groups -OCH3 is 3. The second-order valence-electron chi connectivity index (χ2n) is 7.67. The van der Waals surface area contributed by atoms with Crippen molar-refractivity contribution in [1.82, 2.24) is 4.90 Å². The van der Waals surface area contributed by atoms with Crippen LogP contribution < -0.4 is 29.0 Å². The van der Waals surface area contributed by atoms with Crippen molar-refractivity contribution in [1.29, 1.82) is 0 Å². The van der Waals surface area contributed by atoms with Crippen LogP contribution in [0, 0.1) is 0 Å². The van der Waals surface area contributed by atoms with Crippen molar-refractivity contribution in [2.45, 2.75) is 12.7 Å². The lowest BCUT2D eigenvalue weighted by atomic mass is 10.1. The molecule has 3 aromatic rings. The molecule has 0 bridgehead atoms. The number of carbonyl (C=O) groups is 1. The molecule has 1 N–H and O–H groups in total. The maximum atomic E-state index is 13.3. The monoisotopic (exact) mass is 448 g/mol. The zero-order valence-corrected chi connectivity index (χ0v) is 18.6. The predicted octanol–water partition coefficient (Wildman–Crippen LogP) is 4.21. The Hall–Kier alpha value is -4.07. The molecule has 8 heteroatoms. The number of carbonyl (C=O) groups excluding carboxylic acids is 1. The van der Waals surface area contributed by atoms with Crippen molar-refractivity contribution in [3.05, 3.63) is 71.3 Å². The fraction of sp³-hybridized carbons (Fsp3) is 0.240. The summed E-state index contributed by atoms with van der Waals surface area (Å²) in [5.41, 5.74) is 3.24. The largest absolute Gasteiger partial charge is 0.493 e. The average molecular weight is 448 g/mol. The Labute approximate surface area is 191 Å². The van der Waals surface area contributed by atoms with Crippen LogP contribution in [-0.2, 0) is 6.54 Å². The highest BCUT2D eigenvalue weighted by Crippen LogP contribution is 2.43. The first kappa shape index (κ1) is 20.8. The van der Waals surface area contributed by atoms with Gasteiger partial charge in [-0.15, -0.1) is 0 Å². The van der Waals surface area contributed by atoms with Gasteiger partial charge in [-0.25, -0.2) is 0 Å². The van der Waals surface area contributed by atoms with Crippen LogP contribution in [0.2, 0.25) is 0 Å². The molecule has 8 nitrogen and oxygen atoms in total. The molecule has 33 heavy (non-hydrogen) atoms. The Morgan fingerprint density at radius 1 is 0.939 bits per heavy atom. The van der Waals surface area contributed by atoms with Gasteiger partial charge in [0.25, 0.3) is 5.91 Å². The predicted molar refractivity (Wildman–Crippen MR) is 121 cm³/mol. The van der Waals surface area contributed by atoms with Crippen LogP contribution >= 0.6 is 0 Å². The van der Waals surface area contributed by atoms with Gasteiger partial charge in [-0.1, -0.05) is 24.3 Å². The first-order valence-electron chi connectivity index (χ1n) is 10.5. The van der Waals surface area contributed by atoms with Crippen LogP contribution in [0.25, 0.3) is 0 Å². The van der Waals surface area contributed by atoms with Crippen molar-refractivity contribution < 1.29 is 28.5 Å². The van der Waals surface area contributed by atoms with Gasteiger partial charge in [-0.3, -0.25) is 4.79 Å². The smallest absolute Gasteiger partial charge is 0.256 e. The Morgan fingerprint density at radius 2 is 1.67 bits per heavy atom. The molecule has 2 aliphatic rings. The molecule has 0 aliphatic carbocycles. The van der Waals surface area contributed by atoms with Crippen molar-refractivity contribution in [3.8, 4) is 28.7 Å². The molecule has 0 saturated heterocycles. The summed E-state index contributed by atoms with van der Waals surface area (Å²) in [5.74, 6) is 2.91. The highest BCUT2D eigenvalue weighted by molar-refractivity contribution is 5.99. The van der Waals surface area contributed by atoms with Crippen LogP contribution in [0.5, 0.6) is 28.7 Å². The number of anilines is 1. The number of rotatable bonds is 7. The summed E-state index contributed by atoms with van der Waals surface area (Å²) in [6.07, 6.45) is -0.387. The van der Waals surface area contributed by atoms with Gasteiger partial charge in [0.15, 0.2) is 23.0 Å². The third-order valence-electron chi connectivity index (χ3n) is 5.82. The van der Waals surface area contributed by atoms with Gasteiger partial charge in [0.1, 0.15) is 6.17 Å². The van der Waals surface area contributed by atoms with Crippen LogP contribution in [0.3, 0.4) is 0 Å². The van der Waals surface area contributed by atoms with E-state index in [9.17, 15) is 4.79 Å². The van der Waals surface area contributed by atoms with E-state index < -0.39 is 0 Å². The third kappa shape index (κ3) is 3.63. The van der Waals surface area contributed by atoms with E-state index >= 15 is 0 Å². The molecule has 0 radical (unpaired) electrons. The lowest BCUT2D eigenvalue weighted by molar-refractivity contribution is 0.0728. The molecule has 0 unspecified atom stereocenters. The van der Waals surface area contributed by atoms with Crippen LogP contribution in [0.4, 0.5) is 5.69 Å². The number of nitrogens with one attached hydrogen (secondary N) is 1. The molecule has 2 heterocycles. The molecule has 0 fully saturated rings. The number of amides is 1. The van der Waals surface area contributed by atoms with Gasteiger partial charge >= 0.3 is 0 Å². The normalized spacial score (nSPS) is 15.9. The summed E-state index contributed by atoms with van der Waals surface area (Å²) in [4.78, 5) is 15.1. The molecule has 0 spiro atoms. The second-order valence-corrected chi connectivity index (χ2v) is 7.67. The van der Waals surface area contributed by atoms with Crippen molar-refractivity contribution in [2.24, 2.45) is 0 Å². The lowest BCUT2D eigenvalue weighted by Crippen LogP contribution is -2.31. The molecule has 1 amide bonds. The molecule has 1 atom stereocenters. The Bertz CT molecular complexity index is 1190. The highest BCUT2D eigenvalue weighted by atomic mass is 16.7. The topological polar surface area (TPSA) is 78.5 Å².